The molecule has 1 N–H and O–H groups in total. The molecule has 0 aliphatic rings. The number of aromatic amines is 1. The smallest absolute Gasteiger partial charge is 1.00 e. The third-order valence-electron chi connectivity index (χ3n) is 1.10. The Kier molecular flexibility index (Phi) is 8.32. The zero-order valence-corrected chi connectivity index (χ0v) is 10.6. The van der Waals surface area contributed by atoms with Gasteiger partial charge in [0.05, 0.1) is 12.5 Å². The largest absolute Gasteiger partial charge is 2.00 e. The summed E-state index contributed by atoms with van der Waals surface area (Å²) in [5.41, 5.74) is 1.59. The van der Waals surface area contributed by atoms with Gasteiger partial charge in [-0.1, -0.05) is 0 Å². The number of hydrogen-bond acceptors (Lipinski definition) is 3. The van der Waals surface area contributed by atoms with Crippen LogP contribution in [-0.2, 0) is 0 Å². The SMILES string of the molecule is [Br-].[Br-].[Mg+2].c1ncc2[nH]cnc2n1. The molecule has 0 saturated heterocycles. The second-order valence-corrected chi connectivity index (χ2v) is 1.66. The van der Waals surface area contributed by atoms with E-state index in [9.17, 15) is 0 Å². The van der Waals surface area contributed by atoms with Crippen LogP contribution in [0.4, 0.5) is 0 Å². The molecule has 0 radical (unpaired) electrons. The van der Waals surface area contributed by atoms with Gasteiger partial charge < -0.3 is 38.9 Å². The second kappa shape index (κ2) is 6.76. The summed E-state index contributed by atoms with van der Waals surface area (Å²) in [4.78, 5) is 14.5. The van der Waals surface area contributed by atoms with E-state index < -0.39 is 0 Å². The fraction of sp³-hybridized carbons (Fsp3) is 0. The van der Waals surface area contributed by atoms with Crippen molar-refractivity contribution in [2.45, 2.75) is 0 Å². The van der Waals surface area contributed by atoms with E-state index in [4.69, 9.17) is 0 Å². The maximum atomic E-state index is 3.91. The molecule has 2 rings (SSSR count). The van der Waals surface area contributed by atoms with Gasteiger partial charge in [0.1, 0.15) is 11.8 Å². The first kappa shape index (κ1) is 14.8. The van der Waals surface area contributed by atoms with E-state index >= 15 is 0 Å². The molecule has 4 nitrogen and oxygen atoms in total. The van der Waals surface area contributed by atoms with Crippen molar-refractivity contribution in [3.05, 3.63) is 18.9 Å². The van der Waals surface area contributed by atoms with E-state index in [1.54, 1.807) is 12.5 Å². The zero-order valence-electron chi connectivity index (χ0n) is 6.04. The third kappa shape index (κ3) is 2.96. The first-order chi connectivity index (χ1) is 4.47. The van der Waals surface area contributed by atoms with Gasteiger partial charge in [0.15, 0.2) is 5.65 Å². The van der Waals surface area contributed by atoms with Crippen LogP contribution in [0.15, 0.2) is 18.9 Å². The Morgan fingerprint density at radius 2 is 1.92 bits per heavy atom. The number of rotatable bonds is 0. The fourth-order valence-corrected chi connectivity index (χ4v) is 0.691. The van der Waals surface area contributed by atoms with Crippen LogP contribution < -0.4 is 34.0 Å². The molecule has 2 heterocycles. The molecular weight excluding hydrogens is 300 g/mol. The number of nitrogens with one attached hydrogen (secondary N) is 1. The number of fused-ring (bicyclic) bond motifs is 1. The number of hydrogen-bond donors (Lipinski definition) is 1. The molecule has 7 heteroatoms. The summed E-state index contributed by atoms with van der Waals surface area (Å²) in [6.45, 7) is 0. The number of halogens is 2. The molecule has 60 valence electrons. The van der Waals surface area contributed by atoms with Crippen molar-refractivity contribution in [3.63, 3.8) is 0 Å². The van der Waals surface area contributed by atoms with Crippen LogP contribution in [0.25, 0.3) is 11.2 Å². The monoisotopic (exact) mass is 302 g/mol. The zero-order chi connectivity index (χ0) is 6.10. The van der Waals surface area contributed by atoms with Crippen LogP contribution in [0.3, 0.4) is 0 Å². The third-order valence-corrected chi connectivity index (χ3v) is 1.10. The molecule has 0 aromatic carbocycles. The second-order valence-electron chi connectivity index (χ2n) is 1.66. The predicted octanol–water partition coefficient (Wildman–Crippen LogP) is -6.02. The average molecular weight is 304 g/mol. The van der Waals surface area contributed by atoms with Crippen molar-refractivity contribution in [3.8, 4) is 0 Å². The van der Waals surface area contributed by atoms with Crippen LogP contribution in [-0.4, -0.2) is 43.0 Å². The van der Waals surface area contributed by atoms with Crippen molar-refractivity contribution < 1.29 is 34.0 Å². The summed E-state index contributed by atoms with van der Waals surface area (Å²) >= 11 is 0. The molecule has 0 aliphatic heterocycles. The summed E-state index contributed by atoms with van der Waals surface area (Å²) in [6, 6.07) is 0. The molecule has 0 atom stereocenters. The van der Waals surface area contributed by atoms with Crippen molar-refractivity contribution in [2.75, 3.05) is 0 Å². The molecule has 0 aliphatic carbocycles. The van der Waals surface area contributed by atoms with Gasteiger partial charge in [-0.15, -0.1) is 0 Å². The van der Waals surface area contributed by atoms with Gasteiger partial charge >= 0.3 is 23.1 Å². The summed E-state index contributed by atoms with van der Waals surface area (Å²) in [6.07, 6.45) is 4.76. The molecule has 2 aromatic heterocycles. The molecule has 0 spiro atoms. The Bertz CT molecular complexity index is 295. The molecule has 0 fully saturated rings. The van der Waals surface area contributed by atoms with E-state index in [-0.39, 0.29) is 57.0 Å². The number of nitrogens with zero attached hydrogens (tertiary/aromatic N) is 3. The quantitative estimate of drug-likeness (QED) is 0.493. The van der Waals surface area contributed by atoms with Crippen molar-refractivity contribution in [1.29, 1.82) is 0 Å². The minimum absolute atomic E-state index is 0. The number of imidazole rings is 1. The molecular formula is C5H4Br2MgN4. The van der Waals surface area contributed by atoms with Gasteiger partial charge in [0, 0.05) is 0 Å². The molecule has 0 bridgehead atoms. The van der Waals surface area contributed by atoms with Crippen molar-refractivity contribution >= 4 is 34.2 Å². The van der Waals surface area contributed by atoms with Gasteiger partial charge in [0.2, 0.25) is 0 Å². The van der Waals surface area contributed by atoms with Gasteiger partial charge in [-0.25, -0.2) is 15.0 Å². The predicted molar refractivity (Wildman–Crippen MR) is 37.4 cm³/mol. The van der Waals surface area contributed by atoms with E-state index in [1.165, 1.54) is 6.33 Å². The van der Waals surface area contributed by atoms with Crippen molar-refractivity contribution in [2.24, 2.45) is 0 Å². The molecule has 0 unspecified atom stereocenters. The Labute approximate surface area is 106 Å². The molecule has 2 aromatic rings. The van der Waals surface area contributed by atoms with Gasteiger partial charge in [-0.3, -0.25) is 0 Å². The number of aromatic nitrogens is 4. The maximum absolute atomic E-state index is 3.91. The molecule has 12 heavy (non-hydrogen) atoms. The summed E-state index contributed by atoms with van der Waals surface area (Å²) in [5, 5.41) is 0. The minimum atomic E-state index is 0. The Morgan fingerprint density at radius 3 is 2.58 bits per heavy atom. The van der Waals surface area contributed by atoms with Gasteiger partial charge in [-0.2, -0.15) is 0 Å². The standard InChI is InChI=1S/C5H4N4.2BrH.Mg/c1-4-5(8-2-6-1)9-3-7-4;;;/h1-3H,(H,6,7,8,9);2*1H;/q;;;+2/p-2. The van der Waals surface area contributed by atoms with Crippen LogP contribution in [0.2, 0.25) is 0 Å². The average Bonchev–Trinajstić information content (AvgIpc) is 2.33. The van der Waals surface area contributed by atoms with E-state index in [1.807, 2.05) is 0 Å². The summed E-state index contributed by atoms with van der Waals surface area (Å²) < 4.78 is 0. The van der Waals surface area contributed by atoms with Crippen molar-refractivity contribution in [1.82, 2.24) is 19.9 Å². The van der Waals surface area contributed by atoms with Gasteiger partial charge in [-0.05, 0) is 0 Å². The van der Waals surface area contributed by atoms with E-state index in [0.29, 0.717) is 5.65 Å². The first-order valence-electron chi connectivity index (χ1n) is 2.56. The number of H-pyrrole nitrogens is 1. The Morgan fingerprint density at radius 1 is 1.17 bits per heavy atom. The topological polar surface area (TPSA) is 54.5 Å². The molecule has 0 saturated carbocycles. The maximum Gasteiger partial charge on any atom is 2.00 e. The van der Waals surface area contributed by atoms with Crippen LogP contribution in [0.5, 0.6) is 0 Å². The van der Waals surface area contributed by atoms with Crippen LogP contribution in [0.1, 0.15) is 0 Å². The van der Waals surface area contributed by atoms with E-state index in [2.05, 4.69) is 19.9 Å². The summed E-state index contributed by atoms with van der Waals surface area (Å²) in [5.74, 6) is 0. The molecule has 0 amide bonds. The Balaban J connectivity index is 0. The normalized spacial score (nSPS) is 7.67. The van der Waals surface area contributed by atoms with Crippen LogP contribution in [0, 0.1) is 0 Å². The first-order valence-corrected chi connectivity index (χ1v) is 2.56. The van der Waals surface area contributed by atoms with Gasteiger partial charge in [0.25, 0.3) is 0 Å². The van der Waals surface area contributed by atoms with E-state index in [0.717, 1.165) is 5.52 Å². The Hall–Kier alpha value is 0.276. The minimum Gasteiger partial charge on any atom is -1.00 e. The van der Waals surface area contributed by atoms with Crippen LogP contribution >= 0.6 is 0 Å². The summed E-state index contributed by atoms with van der Waals surface area (Å²) in [7, 11) is 0. The fourth-order valence-electron chi connectivity index (χ4n) is 0.691.